The maximum atomic E-state index is 13.0. The highest BCUT2D eigenvalue weighted by Gasteiger charge is 2.16. The van der Waals surface area contributed by atoms with Gasteiger partial charge in [0.25, 0.3) is 5.91 Å². The van der Waals surface area contributed by atoms with Crippen LogP contribution in [0.25, 0.3) is 11.0 Å². The molecule has 4 nitrogen and oxygen atoms in total. The van der Waals surface area contributed by atoms with Crippen LogP contribution < -0.4 is 5.32 Å². The quantitative estimate of drug-likeness (QED) is 0.541. The first-order valence-corrected chi connectivity index (χ1v) is 8.90. The summed E-state index contributed by atoms with van der Waals surface area (Å²) in [5.74, 6) is -0.507. The summed E-state index contributed by atoms with van der Waals surface area (Å²) in [7, 11) is 0. The van der Waals surface area contributed by atoms with Crippen molar-refractivity contribution in [1.29, 1.82) is 0 Å². The van der Waals surface area contributed by atoms with Gasteiger partial charge in [0.1, 0.15) is 17.7 Å². The minimum absolute atomic E-state index is 0.253. The zero-order valence-electron chi connectivity index (χ0n) is 14.0. The van der Waals surface area contributed by atoms with Crippen LogP contribution in [-0.4, -0.2) is 10.9 Å². The lowest BCUT2D eigenvalue weighted by atomic mass is 10.1. The fourth-order valence-corrected chi connectivity index (χ4v) is 3.74. The van der Waals surface area contributed by atoms with Crippen LogP contribution >= 0.6 is 11.3 Å². The summed E-state index contributed by atoms with van der Waals surface area (Å²) in [5, 5.41) is 4.15. The molecule has 2 aromatic heterocycles. The number of aryl methyl sites for hydroxylation is 1. The number of furan rings is 1. The van der Waals surface area contributed by atoms with Crippen molar-refractivity contribution < 1.29 is 13.6 Å². The van der Waals surface area contributed by atoms with Crippen LogP contribution in [0.1, 0.15) is 26.5 Å². The summed E-state index contributed by atoms with van der Waals surface area (Å²) >= 11 is 1.42. The number of nitrogens with zero attached hydrogens (tertiary/aromatic N) is 1. The van der Waals surface area contributed by atoms with E-state index in [0.717, 1.165) is 21.5 Å². The summed E-state index contributed by atoms with van der Waals surface area (Å²) in [6.07, 6.45) is 2.11. The van der Waals surface area contributed by atoms with Gasteiger partial charge in [-0.3, -0.25) is 10.1 Å². The fourth-order valence-electron chi connectivity index (χ4n) is 2.75. The van der Waals surface area contributed by atoms with Crippen LogP contribution in [0.2, 0.25) is 0 Å². The van der Waals surface area contributed by atoms with Gasteiger partial charge >= 0.3 is 0 Å². The minimum Gasteiger partial charge on any atom is -0.463 e. The molecule has 0 saturated heterocycles. The molecule has 0 unspecified atom stereocenters. The number of amides is 1. The molecule has 0 fully saturated rings. The zero-order chi connectivity index (χ0) is 18.1. The number of para-hydroxylation sites is 1. The summed E-state index contributed by atoms with van der Waals surface area (Å²) in [4.78, 5) is 18.0. The summed E-state index contributed by atoms with van der Waals surface area (Å²) in [6, 6.07) is 13.8. The Hall–Kier alpha value is -2.99. The minimum atomic E-state index is -0.255. The predicted octanol–water partition coefficient (Wildman–Crippen LogP) is 5.18. The second kappa shape index (κ2) is 6.72. The molecule has 4 aromatic rings. The van der Waals surface area contributed by atoms with E-state index in [1.54, 1.807) is 12.1 Å². The van der Waals surface area contributed by atoms with Crippen molar-refractivity contribution in [3.8, 4) is 0 Å². The molecule has 130 valence electrons. The SMILES string of the molecule is Cc1nc(NC(=O)c2coc3ccccc23)sc1Cc1ccc(F)cc1. The Morgan fingerprint density at radius 1 is 1.19 bits per heavy atom. The van der Waals surface area contributed by atoms with Crippen LogP contribution in [0, 0.1) is 12.7 Å². The van der Waals surface area contributed by atoms with Gasteiger partial charge in [-0.1, -0.05) is 30.3 Å². The predicted molar refractivity (Wildman–Crippen MR) is 100 cm³/mol. The largest absolute Gasteiger partial charge is 0.463 e. The maximum absolute atomic E-state index is 13.0. The second-order valence-corrected chi connectivity index (χ2v) is 7.01. The van der Waals surface area contributed by atoms with Gasteiger partial charge in [-0.25, -0.2) is 9.37 Å². The van der Waals surface area contributed by atoms with E-state index >= 15 is 0 Å². The number of fused-ring (bicyclic) bond motifs is 1. The number of thiazole rings is 1. The van der Waals surface area contributed by atoms with Crippen molar-refractivity contribution in [2.75, 3.05) is 5.32 Å². The van der Waals surface area contributed by atoms with E-state index in [1.807, 2.05) is 31.2 Å². The van der Waals surface area contributed by atoms with Gasteiger partial charge in [-0.2, -0.15) is 0 Å². The third kappa shape index (κ3) is 3.23. The number of carbonyl (C=O) groups is 1. The van der Waals surface area contributed by atoms with Crippen molar-refractivity contribution in [2.24, 2.45) is 0 Å². The number of carbonyl (C=O) groups excluding carboxylic acids is 1. The lowest BCUT2D eigenvalue weighted by Gasteiger charge is -2.00. The van der Waals surface area contributed by atoms with Crippen molar-refractivity contribution >= 4 is 33.3 Å². The fraction of sp³-hybridized carbons (Fsp3) is 0.100. The lowest BCUT2D eigenvalue weighted by Crippen LogP contribution is -2.10. The van der Waals surface area contributed by atoms with Gasteiger partial charge in [0.05, 0.1) is 11.3 Å². The number of halogens is 1. The van der Waals surface area contributed by atoms with Gasteiger partial charge in [0.15, 0.2) is 5.13 Å². The Morgan fingerprint density at radius 3 is 2.77 bits per heavy atom. The molecular weight excluding hydrogens is 351 g/mol. The number of rotatable bonds is 4. The first-order valence-electron chi connectivity index (χ1n) is 8.08. The highest BCUT2D eigenvalue weighted by molar-refractivity contribution is 7.15. The Morgan fingerprint density at radius 2 is 1.96 bits per heavy atom. The number of hydrogen-bond acceptors (Lipinski definition) is 4. The number of benzene rings is 2. The second-order valence-electron chi connectivity index (χ2n) is 5.93. The van der Waals surface area contributed by atoms with Gasteiger partial charge in [0, 0.05) is 16.7 Å². The highest BCUT2D eigenvalue weighted by Crippen LogP contribution is 2.27. The number of aromatic nitrogens is 1. The normalized spacial score (nSPS) is 11.0. The van der Waals surface area contributed by atoms with E-state index in [0.29, 0.717) is 22.7 Å². The number of hydrogen-bond donors (Lipinski definition) is 1. The Kier molecular flexibility index (Phi) is 4.26. The molecule has 0 aliphatic carbocycles. The van der Waals surface area contributed by atoms with Gasteiger partial charge in [-0.15, -0.1) is 11.3 Å². The average Bonchev–Trinajstić information content (AvgIpc) is 3.20. The molecule has 0 saturated carbocycles. The molecule has 0 bridgehead atoms. The molecule has 4 rings (SSSR count). The van der Waals surface area contributed by atoms with Crippen molar-refractivity contribution in [3.05, 3.63) is 82.3 Å². The topological polar surface area (TPSA) is 55.1 Å². The van der Waals surface area contributed by atoms with Crippen LogP contribution in [0.4, 0.5) is 9.52 Å². The average molecular weight is 366 g/mol. The smallest absolute Gasteiger partial charge is 0.261 e. The van der Waals surface area contributed by atoms with Gasteiger partial charge < -0.3 is 4.42 Å². The van der Waals surface area contributed by atoms with Crippen LogP contribution in [0.15, 0.2) is 59.2 Å². The molecule has 0 aliphatic heterocycles. The molecule has 2 aromatic carbocycles. The van der Waals surface area contributed by atoms with Crippen LogP contribution in [0.5, 0.6) is 0 Å². The molecule has 1 amide bonds. The molecule has 1 N–H and O–H groups in total. The third-order valence-electron chi connectivity index (χ3n) is 4.12. The van der Waals surface area contributed by atoms with E-state index in [1.165, 1.54) is 29.7 Å². The van der Waals surface area contributed by atoms with E-state index in [9.17, 15) is 9.18 Å². The van der Waals surface area contributed by atoms with Gasteiger partial charge in [0.2, 0.25) is 0 Å². The van der Waals surface area contributed by atoms with E-state index in [4.69, 9.17) is 4.42 Å². The first kappa shape index (κ1) is 16.5. The number of nitrogens with one attached hydrogen (secondary N) is 1. The third-order valence-corrected chi connectivity index (χ3v) is 5.19. The molecular formula is C20H15FN2O2S. The Bertz CT molecular complexity index is 1080. The van der Waals surface area contributed by atoms with Crippen LogP contribution in [0.3, 0.4) is 0 Å². The molecule has 6 heteroatoms. The zero-order valence-corrected chi connectivity index (χ0v) is 14.8. The molecule has 0 radical (unpaired) electrons. The van der Waals surface area contributed by atoms with Crippen molar-refractivity contribution in [1.82, 2.24) is 4.98 Å². The maximum Gasteiger partial charge on any atom is 0.261 e. The molecule has 26 heavy (non-hydrogen) atoms. The summed E-state index contributed by atoms with van der Waals surface area (Å²) in [6.45, 7) is 1.90. The van der Waals surface area contributed by atoms with Crippen molar-refractivity contribution in [3.63, 3.8) is 0 Å². The molecule has 2 heterocycles. The molecule has 0 atom stereocenters. The lowest BCUT2D eigenvalue weighted by molar-refractivity contribution is 0.102. The molecule has 0 aliphatic rings. The van der Waals surface area contributed by atoms with E-state index in [2.05, 4.69) is 10.3 Å². The highest BCUT2D eigenvalue weighted by atomic mass is 32.1. The molecule has 0 spiro atoms. The van der Waals surface area contributed by atoms with Crippen LogP contribution in [-0.2, 0) is 6.42 Å². The standard InChI is InChI=1S/C20H15FN2O2S/c1-12-18(10-13-6-8-14(21)9-7-13)26-20(22-12)23-19(24)16-11-25-17-5-3-2-4-15(16)17/h2-9,11H,10H2,1H3,(H,22,23,24). The Labute approximate surface area is 153 Å². The summed E-state index contributed by atoms with van der Waals surface area (Å²) < 4.78 is 18.4. The summed E-state index contributed by atoms with van der Waals surface area (Å²) in [5.41, 5.74) is 3.00. The van der Waals surface area contributed by atoms with E-state index in [-0.39, 0.29) is 11.7 Å². The van der Waals surface area contributed by atoms with Gasteiger partial charge in [-0.05, 0) is 30.7 Å². The van der Waals surface area contributed by atoms with Crippen molar-refractivity contribution in [2.45, 2.75) is 13.3 Å². The Balaban J connectivity index is 1.53. The van der Waals surface area contributed by atoms with E-state index < -0.39 is 0 Å². The first-order chi connectivity index (χ1) is 12.6. The number of anilines is 1. The monoisotopic (exact) mass is 366 g/mol.